The summed E-state index contributed by atoms with van der Waals surface area (Å²) in [5, 5.41) is 3.06. The molecule has 0 fully saturated rings. The van der Waals surface area contributed by atoms with Crippen LogP contribution in [-0.4, -0.2) is 37.5 Å². The van der Waals surface area contributed by atoms with Crippen molar-refractivity contribution in [1.29, 1.82) is 0 Å². The summed E-state index contributed by atoms with van der Waals surface area (Å²) in [5.74, 6) is 0.149. The van der Waals surface area contributed by atoms with Crippen LogP contribution in [0.4, 0.5) is 5.69 Å². The molecular weight excluding hydrogens is 392 g/mol. The van der Waals surface area contributed by atoms with Crippen LogP contribution in [0.15, 0.2) is 53.4 Å². The normalized spacial score (nSPS) is 12.8. The van der Waals surface area contributed by atoms with E-state index in [1.54, 1.807) is 30.0 Å². The number of hydrogen-bond acceptors (Lipinski definition) is 4. The van der Waals surface area contributed by atoms with Gasteiger partial charge in [0.25, 0.3) is 0 Å². The number of hydrogen-bond donors (Lipinski definition) is 1. The third kappa shape index (κ3) is 5.59. The quantitative estimate of drug-likeness (QED) is 0.650. The fourth-order valence-corrected chi connectivity index (χ4v) is 5.12. The lowest BCUT2D eigenvalue weighted by molar-refractivity contribution is -0.113. The van der Waals surface area contributed by atoms with Gasteiger partial charge in [-0.15, -0.1) is 11.8 Å². The number of carbonyl (C=O) groups excluding carboxylic acids is 1. The van der Waals surface area contributed by atoms with E-state index in [9.17, 15) is 13.2 Å². The Morgan fingerprint density at radius 2 is 1.75 bits per heavy atom. The first-order valence-electron chi connectivity index (χ1n) is 9.36. The number of anilines is 1. The molecule has 0 aromatic heterocycles. The SMILES string of the molecule is CCN(CC)S(=O)(=O)c1ccc(C)c(NC(=O)CS[C@@H](C)c2ccccc2)c1. The highest BCUT2D eigenvalue weighted by Crippen LogP contribution is 2.28. The zero-order chi connectivity index (χ0) is 20.7. The van der Waals surface area contributed by atoms with Crippen LogP contribution in [0.3, 0.4) is 0 Å². The van der Waals surface area contributed by atoms with Crippen molar-refractivity contribution in [3.05, 3.63) is 59.7 Å². The molecule has 2 aromatic rings. The maximum absolute atomic E-state index is 12.7. The number of benzene rings is 2. The molecule has 0 aliphatic rings. The third-order valence-corrected chi connectivity index (χ3v) is 7.81. The highest BCUT2D eigenvalue weighted by atomic mass is 32.2. The van der Waals surface area contributed by atoms with Crippen molar-refractivity contribution in [3.8, 4) is 0 Å². The molecule has 152 valence electrons. The molecule has 0 aliphatic heterocycles. The average molecular weight is 421 g/mol. The Balaban J connectivity index is 2.08. The van der Waals surface area contributed by atoms with E-state index in [1.807, 2.05) is 51.1 Å². The minimum Gasteiger partial charge on any atom is -0.325 e. The van der Waals surface area contributed by atoms with Gasteiger partial charge in [-0.1, -0.05) is 50.2 Å². The van der Waals surface area contributed by atoms with E-state index in [0.717, 1.165) is 5.56 Å². The molecule has 2 aromatic carbocycles. The monoisotopic (exact) mass is 420 g/mol. The summed E-state index contributed by atoms with van der Waals surface area (Å²) in [5.41, 5.74) is 2.53. The lowest BCUT2D eigenvalue weighted by Crippen LogP contribution is -2.30. The smallest absolute Gasteiger partial charge is 0.243 e. The molecule has 7 heteroatoms. The molecule has 0 spiro atoms. The van der Waals surface area contributed by atoms with Crippen molar-refractivity contribution in [2.75, 3.05) is 24.2 Å². The van der Waals surface area contributed by atoms with Crippen molar-refractivity contribution >= 4 is 33.4 Å². The Bertz CT molecular complexity index is 895. The first-order valence-corrected chi connectivity index (χ1v) is 11.9. The largest absolute Gasteiger partial charge is 0.325 e. The number of aryl methyl sites for hydroxylation is 1. The number of carbonyl (C=O) groups is 1. The standard InChI is InChI=1S/C21H28N2O3S2/c1-5-23(6-2)28(25,26)19-13-12-16(3)20(14-19)22-21(24)15-27-17(4)18-10-8-7-9-11-18/h7-14,17H,5-6,15H2,1-4H3,(H,22,24)/t17-/m0/s1. The van der Waals surface area contributed by atoms with Crippen LogP contribution in [0.2, 0.25) is 0 Å². The highest BCUT2D eigenvalue weighted by molar-refractivity contribution is 8.00. The van der Waals surface area contributed by atoms with Crippen LogP contribution in [0.5, 0.6) is 0 Å². The van der Waals surface area contributed by atoms with E-state index in [-0.39, 0.29) is 16.1 Å². The fraction of sp³-hybridized carbons (Fsp3) is 0.381. The average Bonchev–Trinajstić information content (AvgIpc) is 2.69. The predicted octanol–water partition coefficient (Wildman–Crippen LogP) is 4.46. The topological polar surface area (TPSA) is 66.5 Å². The van der Waals surface area contributed by atoms with Gasteiger partial charge in [0.1, 0.15) is 0 Å². The van der Waals surface area contributed by atoms with E-state index in [4.69, 9.17) is 0 Å². The summed E-state index contributed by atoms with van der Waals surface area (Å²) in [6.07, 6.45) is 0. The number of thioether (sulfide) groups is 1. The summed E-state index contributed by atoms with van der Waals surface area (Å²) >= 11 is 1.55. The van der Waals surface area contributed by atoms with Gasteiger partial charge in [-0.2, -0.15) is 4.31 Å². The Hall–Kier alpha value is -1.83. The van der Waals surface area contributed by atoms with Gasteiger partial charge < -0.3 is 5.32 Å². The molecule has 0 radical (unpaired) electrons. The van der Waals surface area contributed by atoms with Gasteiger partial charge in [-0.3, -0.25) is 4.79 Å². The molecule has 28 heavy (non-hydrogen) atoms. The lowest BCUT2D eigenvalue weighted by Gasteiger charge is -2.19. The van der Waals surface area contributed by atoms with Gasteiger partial charge in [-0.25, -0.2) is 8.42 Å². The zero-order valence-electron chi connectivity index (χ0n) is 16.8. The van der Waals surface area contributed by atoms with Crippen LogP contribution in [0.25, 0.3) is 0 Å². The number of amides is 1. The van der Waals surface area contributed by atoms with Gasteiger partial charge >= 0.3 is 0 Å². The van der Waals surface area contributed by atoms with Crippen molar-refractivity contribution < 1.29 is 13.2 Å². The van der Waals surface area contributed by atoms with Gasteiger partial charge in [-0.05, 0) is 37.1 Å². The van der Waals surface area contributed by atoms with Crippen LogP contribution in [0.1, 0.15) is 37.1 Å². The second kappa shape index (κ2) is 10.1. The summed E-state index contributed by atoms with van der Waals surface area (Å²) in [6, 6.07) is 14.9. The van der Waals surface area contributed by atoms with E-state index in [2.05, 4.69) is 12.2 Å². The van der Waals surface area contributed by atoms with Crippen LogP contribution in [-0.2, 0) is 14.8 Å². The highest BCUT2D eigenvalue weighted by Gasteiger charge is 2.22. The van der Waals surface area contributed by atoms with Gasteiger partial charge in [0, 0.05) is 24.0 Å². The molecule has 1 N–H and O–H groups in total. The zero-order valence-corrected chi connectivity index (χ0v) is 18.4. The molecule has 0 bridgehead atoms. The predicted molar refractivity (Wildman–Crippen MR) is 117 cm³/mol. The Labute approximate surface area is 172 Å². The van der Waals surface area contributed by atoms with Gasteiger partial charge in [0.2, 0.25) is 15.9 Å². The molecule has 1 atom stereocenters. The maximum atomic E-state index is 12.7. The minimum absolute atomic E-state index is 0.145. The Morgan fingerprint density at radius 3 is 2.36 bits per heavy atom. The Kier molecular flexibility index (Phi) is 8.10. The van der Waals surface area contributed by atoms with Crippen molar-refractivity contribution in [2.45, 2.75) is 37.8 Å². The molecule has 5 nitrogen and oxygen atoms in total. The molecule has 1 amide bonds. The molecule has 0 saturated heterocycles. The second-order valence-corrected chi connectivity index (χ2v) is 9.75. The first kappa shape index (κ1) is 22.5. The van der Waals surface area contributed by atoms with Crippen molar-refractivity contribution in [3.63, 3.8) is 0 Å². The van der Waals surface area contributed by atoms with E-state index in [0.29, 0.717) is 24.5 Å². The van der Waals surface area contributed by atoms with E-state index in [1.165, 1.54) is 9.87 Å². The number of sulfonamides is 1. The van der Waals surface area contributed by atoms with Crippen LogP contribution >= 0.6 is 11.8 Å². The first-order chi connectivity index (χ1) is 13.3. The van der Waals surface area contributed by atoms with Crippen molar-refractivity contribution in [1.82, 2.24) is 4.31 Å². The van der Waals surface area contributed by atoms with Crippen molar-refractivity contribution in [2.24, 2.45) is 0 Å². The fourth-order valence-electron chi connectivity index (χ4n) is 2.82. The third-order valence-electron chi connectivity index (χ3n) is 4.56. The van der Waals surface area contributed by atoms with E-state index < -0.39 is 10.0 Å². The van der Waals surface area contributed by atoms with Gasteiger partial charge in [0.15, 0.2) is 0 Å². The molecule has 2 rings (SSSR count). The maximum Gasteiger partial charge on any atom is 0.243 e. The molecular formula is C21H28N2O3S2. The number of nitrogens with one attached hydrogen (secondary N) is 1. The van der Waals surface area contributed by atoms with Crippen LogP contribution < -0.4 is 5.32 Å². The lowest BCUT2D eigenvalue weighted by atomic mass is 10.2. The summed E-state index contributed by atoms with van der Waals surface area (Å²) < 4.78 is 26.9. The molecule has 0 unspecified atom stereocenters. The molecule has 0 aliphatic carbocycles. The summed E-state index contributed by atoms with van der Waals surface area (Å²) in [4.78, 5) is 12.6. The molecule has 0 heterocycles. The minimum atomic E-state index is -3.56. The van der Waals surface area contributed by atoms with Gasteiger partial charge in [0.05, 0.1) is 10.6 Å². The Morgan fingerprint density at radius 1 is 1.11 bits per heavy atom. The number of nitrogens with zero attached hydrogens (tertiary/aromatic N) is 1. The summed E-state index contributed by atoms with van der Waals surface area (Å²) in [6.45, 7) is 8.34. The summed E-state index contributed by atoms with van der Waals surface area (Å²) in [7, 11) is -3.56. The second-order valence-electron chi connectivity index (χ2n) is 6.48. The number of rotatable bonds is 9. The van der Waals surface area contributed by atoms with E-state index >= 15 is 0 Å². The molecule has 0 saturated carbocycles. The van der Waals surface area contributed by atoms with Crippen LogP contribution in [0, 0.1) is 6.92 Å².